The number of benzene rings is 2. The van der Waals surface area contributed by atoms with Gasteiger partial charge in [-0.25, -0.2) is 0 Å². The third-order valence-electron chi connectivity index (χ3n) is 3.56. The highest BCUT2D eigenvalue weighted by Crippen LogP contribution is 2.17. The number of nitrogens with one attached hydrogen (secondary N) is 1. The molecule has 0 aliphatic rings. The molecule has 0 heterocycles. The van der Waals surface area contributed by atoms with Crippen LogP contribution < -0.4 is 5.32 Å². The summed E-state index contributed by atoms with van der Waals surface area (Å²) in [5, 5.41) is 4.39. The predicted octanol–water partition coefficient (Wildman–Crippen LogP) is 4.30. The topological polar surface area (TPSA) is 32.3 Å². The average molecular weight is 351 g/mol. The van der Waals surface area contributed by atoms with Gasteiger partial charge in [0.05, 0.1) is 12.6 Å². The Morgan fingerprint density at radius 2 is 1.78 bits per heavy atom. The number of carbonyl (C=O) groups excluding carboxylic acids is 1. The zero-order valence-corrected chi connectivity index (χ0v) is 14.7. The molecule has 0 saturated heterocycles. The maximum atomic E-state index is 12.2. The van der Waals surface area contributed by atoms with Gasteiger partial charge in [-0.3, -0.25) is 9.69 Å². The Bertz CT molecular complexity index is 658. The van der Waals surface area contributed by atoms with E-state index >= 15 is 0 Å². The van der Waals surface area contributed by atoms with Crippen LogP contribution in [0.2, 0.25) is 10.0 Å². The van der Waals surface area contributed by atoms with Crippen LogP contribution in [0, 0.1) is 0 Å². The Morgan fingerprint density at radius 1 is 1.13 bits per heavy atom. The molecule has 2 rings (SSSR count). The summed E-state index contributed by atoms with van der Waals surface area (Å²) in [5.74, 6) is -0.0259. The highest BCUT2D eigenvalue weighted by atomic mass is 35.5. The van der Waals surface area contributed by atoms with Crippen LogP contribution in [-0.2, 0) is 11.3 Å². The molecule has 0 aromatic heterocycles. The van der Waals surface area contributed by atoms with E-state index in [1.54, 1.807) is 0 Å². The van der Waals surface area contributed by atoms with E-state index in [1.165, 1.54) is 0 Å². The highest BCUT2D eigenvalue weighted by Gasteiger charge is 2.12. The van der Waals surface area contributed by atoms with Gasteiger partial charge in [0.15, 0.2) is 0 Å². The van der Waals surface area contributed by atoms with Crippen molar-refractivity contribution < 1.29 is 4.79 Å². The molecule has 1 atom stereocenters. The second kappa shape index (κ2) is 8.34. The molecule has 0 aliphatic carbocycles. The number of amides is 1. The molecule has 1 amide bonds. The zero-order chi connectivity index (χ0) is 16.8. The SMILES string of the molecule is C[C@@H](NC(=O)CN(C)Cc1ccccc1Cl)c1ccc(Cl)cc1. The van der Waals surface area contributed by atoms with Crippen LogP contribution in [0.3, 0.4) is 0 Å². The number of hydrogen-bond donors (Lipinski definition) is 1. The summed E-state index contributed by atoms with van der Waals surface area (Å²) in [6, 6.07) is 15.1. The molecule has 0 unspecified atom stereocenters. The van der Waals surface area contributed by atoms with E-state index in [4.69, 9.17) is 23.2 Å². The first-order valence-corrected chi connectivity index (χ1v) is 8.18. The zero-order valence-electron chi connectivity index (χ0n) is 13.2. The molecule has 2 aromatic carbocycles. The molecule has 0 saturated carbocycles. The molecule has 122 valence electrons. The maximum absolute atomic E-state index is 12.2. The number of hydrogen-bond acceptors (Lipinski definition) is 2. The molecule has 0 radical (unpaired) electrons. The lowest BCUT2D eigenvalue weighted by atomic mass is 10.1. The lowest BCUT2D eigenvalue weighted by Crippen LogP contribution is -2.36. The minimum atomic E-state index is -0.0616. The first-order valence-electron chi connectivity index (χ1n) is 7.42. The molecule has 0 bridgehead atoms. The quantitative estimate of drug-likeness (QED) is 0.842. The summed E-state index contributed by atoms with van der Waals surface area (Å²) in [4.78, 5) is 14.1. The van der Waals surface area contributed by atoms with Gasteiger partial charge in [-0.1, -0.05) is 53.5 Å². The summed E-state index contributed by atoms with van der Waals surface area (Å²) in [6.07, 6.45) is 0. The average Bonchev–Trinajstić information content (AvgIpc) is 2.50. The summed E-state index contributed by atoms with van der Waals surface area (Å²) in [7, 11) is 1.90. The number of nitrogens with zero attached hydrogens (tertiary/aromatic N) is 1. The number of carbonyl (C=O) groups is 1. The fourth-order valence-corrected chi connectivity index (χ4v) is 2.66. The Hall–Kier alpha value is -1.55. The minimum absolute atomic E-state index is 0.0259. The van der Waals surface area contributed by atoms with E-state index in [9.17, 15) is 4.79 Å². The lowest BCUT2D eigenvalue weighted by molar-refractivity contribution is -0.122. The van der Waals surface area contributed by atoms with Gasteiger partial charge in [0.25, 0.3) is 0 Å². The normalized spacial score (nSPS) is 12.2. The molecule has 5 heteroatoms. The Kier molecular flexibility index (Phi) is 6.46. The molecule has 0 spiro atoms. The van der Waals surface area contributed by atoms with Crippen molar-refractivity contribution in [1.82, 2.24) is 10.2 Å². The fraction of sp³-hybridized carbons (Fsp3) is 0.278. The molecular formula is C18H20Cl2N2O. The van der Waals surface area contributed by atoms with Crippen LogP contribution in [0.4, 0.5) is 0 Å². The smallest absolute Gasteiger partial charge is 0.234 e. The standard InChI is InChI=1S/C18H20Cl2N2O/c1-13(14-7-9-16(19)10-8-14)21-18(23)12-22(2)11-15-5-3-4-6-17(15)20/h3-10,13H,11-12H2,1-2H3,(H,21,23)/t13-/m1/s1. The fourth-order valence-electron chi connectivity index (χ4n) is 2.34. The monoisotopic (exact) mass is 350 g/mol. The predicted molar refractivity (Wildman–Crippen MR) is 95.8 cm³/mol. The van der Waals surface area contributed by atoms with E-state index < -0.39 is 0 Å². The van der Waals surface area contributed by atoms with Gasteiger partial charge in [-0.05, 0) is 43.3 Å². The second-order valence-corrected chi connectivity index (χ2v) is 6.45. The first-order chi connectivity index (χ1) is 11.0. The molecule has 3 nitrogen and oxygen atoms in total. The molecule has 0 aliphatic heterocycles. The largest absolute Gasteiger partial charge is 0.348 e. The summed E-state index contributed by atoms with van der Waals surface area (Å²) < 4.78 is 0. The van der Waals surface area contributed by atoms with E-state index in [0.29, 0.717) is 23.1 Å². The molecule has 23 heavy (non-hydrogen) atoms. The van der Waals surface area contributed by atoms with Crippen LogP contribution in [0.1, 0.15) is 24.1 Å². The number of rotatable bonds is 6. The highest BCUT2D eigenvalue weighted by molar-refractivity contribution is 6.31. The Balaban J connectivity index is 1.86. The third kappa shape index (κ3) is 5.54. The summed E-state index contributed by atoms with van der Waals surface area (Å²) in [6.45, 7) is 2.89. The van der Waals surface area contributed by atoms with Gasteiger partial charge in [0.1, 0.15) is 0 Å². The number of likely N-dealkylation sites (N-methyl/N-ethyl adjacent to an activating group) is 1. The third-order valence-corrected chi connectivity index (χ3v) is 4.18. The molecular weight excluding hydrogens is 331 g/mol. The van der Waals surface area contributed by atoms with E-state index in [-0.39, 0.29) is 11.9 Å². The van der Waals surface area contributed by atoms with E-state index in [2.05, 4.69) is 5.32 Å². The van der Waals surface area contributed by atoms with Crippen LogP contribution in [0.15, 0.2) is 48.5 Å². The molecule has 2 aromatic rings. The number of halogens is 2. The van der Waals surface area contributed by atoms with Crippen LogP contribution in [0.25, 0.3) is 0 Å². The lowest BCUT2D eigenvalue weighted by Gasteiger charge is -2.19. The molecule has 1 N–H and O–H groups in total. The van der Waals surface area contributed by atoms with Crippen molar-refractivity contribution in [2.75, 3.05) is 13.6 Å². The maximum Gasteiger partial charge on any atom is 0.234 e. The van der Waals surface area contributed by atoms with Crippen molar-refractivity contribution in [3.8, 4) is 0 Å². The van der Waals surface area contributed by atoms with Crippen molar-refractivity contribution in [2.24, 2.45) is 0 Å². The van der Waals surface area contributed by atoms with E-state index in [0.717, 1.165) is 11.1 Å². The Morgan fingerprint density at radius 3 is 2.43 bits per heavy atom. The summed E-state index contributed by atoms with van der Waals surface area (Å²) >= 11 is 12.0. The van der Waals surface area contributed by atoms with Crippen LogP contribution >= 0.6 is 23.2 Å². The van der Waals surface area contributed by atoms with Gasteiger partial charge in [0.2, 0.25) is 5.91 Å². The van der Waals surface area contributed by atoms with Crippen molar-refractivity contribution in [3.63, 3.8) is 0 Å². The van der Waals surface area contributed by atoms with E-state index in [1.807, 2.05) is 67.4 Å². The minimum Gasteiger partial charge on any atom is -0.348 e. The van der Waals surface area contributed by atoms with Gasteiger partial charge in [-0.15, -0.1) is 0 Å². The van der Waals surface area contributed by atoms with Gasteiger partial charge >= 0.3 is 0 Å². The molecule has 0 fully saturated rings. The Labute approximate surface area is 147 Å². The van der Waals surface area contributed by atoms with Gasteiger partial charge in [-0.2, -0.15) is 0 Å². The van der Waals surface area contributed by atoms with Crippen LogP contribution in [-0.4, -0.2) is 24.4 Å². The summed E-state index contributed by atoms with van der Waals surface area (Å²) in [5.41, 5.74) is 2.03. The van der Waals surface area contributed by atoms with Crippen LogP contribution in [0.5, 0.6) is 0 Å². The van der Waals surface area contributed by atoms with Crippen molar-refractivity contribution in [3.05, 3.63) is 69.7 Å². The van der Waals surface area contributed by atoms with Gasteiger partial charge < -0.3 is 5.32 Å². The van der Waals surface area contributed by atoms with Crippen molar-refractivity contribution in [1.29, 1.82) is 0 Å². The van der Waals surface area contributed by atoms with Crippen molar-refractivity contribution >= 4 is 29.1 Å². The first kappa shape index (κ1) is 17.8. The van der Waals surface area contributed by atoms with Crippen molar-refractivity contribution in [2.45, 2.75) is 19.5 Å². The second-order valence-electron chi connectivity index (χ2n) is 5.60. The van der Waals surface area contributed by atoms with Gasteiger partial charge in [0, 0.05) is 16.6 Å².